The molecule has 0 aromatic rings. The maximum absolute atomic E-state index is 11.8. The van der Waals surface area contributed by atoms with Crippen LogP contribution in [0.25, 0.3) is 0 Å². The lowest BCUT2D eigenvalue weighted by Gasteiger charge is -2.29. The molecular weight excluding hydrogens is 212 g/mol. The maximum Gasteiger partial charge on any atom is 0.215 e. The molecule has 0 spiro atoms. The van der Waals surface area contributed by atoms with E-state index in [-0.39, 0.29) is 5.75 Å². The zero-order chi connectivity index (χ0) is 11.3. The summed E-state index contributed by atoms with van der Waals surface area (Å²) in [6.45, 7) is 4.05. The Morgan fingerprint density at radius 1 is 1.40 bits per heavy atom. The van der Waals surface area contributed by atoms with Crippen molar-refractivity contribution in [2.45, 2.75) is 26.2 Å². The molecule has 0 saturated heterocycles. The first-order valence-corrected chi connectivity index (χ1v) is 7.32. The Morgan fingerprint density at radius 3 is 2.53 bits per heavy atom. The molecule has 0 radical (unpaired) electrons. The summed E-state index contributed by atoms with van der Waals surface area (Å²) in [6, 6.07) is 0. The predicted molar refractivity (Wildman–Crippen MR) is 62.3 cm³/mol. The third kappa shape index (κ3) is 4.09. The van der Waals surface area contributed by atoms with Crippen LogP contribution in [0.1, 0.15) is 26.2 Å². The molecule has 1 fully saturated rings. The first-order chi connectivity index (χ1) is 7.06. The zero-order valence-corrected chi connectivity index (χ0v) is 10.5. The van der Waals surface area contributed by atoms with Crippen LogP contribution in [0.15, 0.2) is 0 Å². The first kappa shape index (κ1) is 12.9. The van der Waals surface area contributed by atoms with Crippen LogP contribution in [0.4, 0.5) is 0 Å². The van der Waals surface area contributed by atoms with Crippen LogP contribution in [0.5, 0.6) is 0 Å². The van der Waals surface area contributed by atoms with Crippen molar-refractivity contribution >= 4 is 10.0 Å². The molecule has 1 saturated carbocycles. The number of sulfonamides is 1. The van der Waals surface area contributed by atoms with Gasteiger partial charge in [-0.15, -0.1) is 0 Å². The van der Waals surface area contributed by atoms with Gasteiger partial charge in [0.2, 0.25) is 10.0 Å². The summed E-state index contributed by atoms with van der Waals surface area (Å²) in [5, 5.41) is 3.03. The van der Waals surface area contributed by atoms with Gasteiger partial charge in [-0.2, -0.15) is 0 Å². The molecule has 0 atom stereocenters. The average Bonchev–Trinajstić information content (AvgIpc) is 2.11. The van der Waals surface area contributed by atoms with Crippen molar-refractivity contribution in [3.8, 4) is 0 Å². The molecule has 0 unspecified atom stereocenters. The van der Waals surface area contributed by atoms with Gasteiger partial charge in [-0.3, -0.25) is 0 Å². The van der Waals surface area contributed by atoms with Gasteiger partial charge in [-0.05, 0) is 25.3 Å². The van der Waals surface area contributed by atoms with Crippen LogP contribution in [0.3, 0.4) is 0 Å². The largest absolute Gasteiger partial charge is 0.316 e. The van der Waals surface area contributed by atoms with Gasteiger partial charge in [0.1, 0.15) is 0 Å². The predicted octanol–water partition coefficient (Wildman–Crippen LogP) is 0.658. The molecule has 0 heterocycles. The van der Waals surface area contributed by atoms with E-state index >= 15 is 0 Å². The van der Waals surface area contributed by atoms with Gasteiger partial charge in [0.05, 0.1) is 5.75 Å². The average molecular weight is 234 g/mol. The SMILES string of the molecule is CCNCCS(=O)(=O)N(C)CC1CCC1. The standard InChI is InChI=1S/C10H22N2O2S/c1-3-11-7-8-15(13,14)12(2)9-10-5-4-6-10/h10-11H,3-9H2,1-2H3. The zero-order valence-electron chi connectivity index (χ0n) is 9.70. The molecule has 0 amide bonds. The molecule has 0 bridgehead atoms. The fraction of sp³-hybridized carbons (Fsp3) is 1.00. The van der Waals surface area contributed by atoms with Crippen LogP contribution in [0.2, 0.25) is 0 Å². The minimum atomic E-state index is -3.03. The maximum atomic E-state index is 11.8. The van der Waals surface area contributed by atoms with Crippen molar-refractivity contribution in [2.75, 3.05) is 32.4 Å². The molecule has 0 aromatic heterocycles. The summed E-state index contributed by atoms with van der Waals surface area (Å²) in [6.07, 6.45) is 3.64. The highest BCUT2D eigenvalue weighted by molar-refractivity contribution is 7.89. The van der Waals surface area contributed by atoms with Gasteiger partial charge in [-0.25, -0.2) is 12.7 Å². The first-order valence-electron chi connectivity index (χ1n) is 5.71. The number of nitrogens with zero attached hydrogens (tertiary/aromatic N) is 1. The Labute approximate surface area is 93.1 Å². The monoisotopic (exact) mass is 234 g/mol. The lowest BCUT2D eigenvalue weighted by atomic mass is 9.86. The summed E-state index contributed by atoms with van der Waals surface area (Å²) >= 11 is 0. The minimum absolute atomic E-state index is 0.212. The quantitative estimate of drug-likeness (QED) is 0.658. The molecule has 15 heavy (non-hydrogen) atoms. The second-order valence-electron chi connectivity index (χ2n) is 4.25. The lowest BCUT2D eigenvalue weighted by molar-refractivity contribution is 0.263. The molecule has 0 aliphatic heterocycles. The van der Waals surface area contributed by atoms with E-state index in [4.69, 9.17) is 0 Å². The Balaban J connectivity index is 2.30. The highest BCUT2D eigenvalue weighted by Crippen LogP contribution is 2.27. The third-order valence-corrected chi connectivity index (χ3v) is 4.82. The van der Waals surface area contributed by atoms with Crippen LogP contribution in [-0.2, 0) is 10.0 Å². The third-order valence-electron chi connectivity index (χ3n) is 3.00. The highest BCUT2D eigenvalue weighted by atomic mass is 32.2. The summed E-state index contributed by atoms with van der Waals surface area (Å²) in [7, 11) is -1.34. The van der Waals surface area contributed by atoms with Crippen molar-refractivity contribution in [1.82, 2.24) is 9.62 Å². The van der Waals surface area contributed by atoms with Crippen molar-refractivity contribution in [3.05, 3.63) is 0 Å². The minimum Gasteiger partial charge on any atom is -0.316 e. The van der Waals surface area contributed by atoms with Crippen molar-refractivity contribution in [2.24, 2.45) is 5.92 Å². The van der Waals surface area contributed by atoms with E-state index in [2.05, 4.69) is 5.32 Å². The second kappa shape index (κ2) is 5.82. The van der Waals surface area contributed by atoms with Crippen LogP contribution in [-0.4, -0.2) is 45.2 Å². The summed E-state index contributed by atoms with van der Waals surface area (Å²) in [5.41, 5.74) is 0. The molecule has 1 aliphatic rings. The second-order valence-corrected chi connectivity index (χ2v) is 6.44. The van der Waals surface area contributed by atoms with E-state index in [0.29, 0.717) is 19.0 Å². The molecule has 0 aromatic carbocycles. The van der Waals surface area contributed by atoms with E-state index < -0.39 is 10.0 Å². The van der Waals surface area contributed by atoms with Gasteiger partial charge < -0.3 is 5.32 Å². The molecule has 1 N–H and O–H groups in total. The van der Waals surface area contributed by atoms with Crippen molar-refractivity contribution in [3.63, 3.8) is 0 Å². The number of nitrogens with one attached hydrogen (secondary N) is 1. The van der Waals surface area contributed by atoms with Crippen molar-refractivity contribution < 1.29 is 8.42 Å². The molecule has 90 valence electrons. The van der Waals surface area contributed by atoms with Crippen LogP contribution >= 0.6 is 0 Å². The highest BCUT2D eigenvalue weighted by Gasteiger charge is 2.24. The normalized spacial score (nSPS) is 18.1. The molecule has 1 aliphatic carbocycles. The summed E-state index contributed by atoms with van der Waals surface area (Å²) < 4.78 is 25.1. The number of hydrogen-bond donors (Lipinski definition) is 1. The molecule has 4 nitrogen and oxygen atoms in total. The van der Waals surface area contributed by atoms with E-state index in [1.165, 1.54) is 23.6 Å². The van der Waals surface area contributed by atoms with Gasteiger partial charge in [0, 0.05) is 20.1 Å². The van der Waals surface area contributed by atoms with E-state index in [1.54, 1.807) is 7.05 Å². The number of rotatable bonds is 7. The molecule has 1 rings (SSSR count). The smallest absolute Gasteiger partial charge is 0.215 e. The Kier molecular flexibility index (Phi) is 5.02. The fourth-order valence-corrected chi connectivity index (χ4v) is 2.84. The molecule has 5 heteroatoms. The van der Waals surface area contributed by atoms with Crippen LogP contribution in [0, 0.1) is 5.92 Å². The topological polar surface area (TPSA) is 49.4 Å². The fourth-order valence-electron chi connectivity index (χ4n) is 1.69. The summed E-state index contributed by atoms with van der Waals surface area (Å²) in [4.78, 5) is 0. The molecular formula is C10H22N2O2S. The van der Waals surface area contributed by atoms with Gasteiger partial charge >= 0.3 is 0 Å². The van der Waals surface area contributed by atoms with Gasteiger partial charge in [0.15, 0.2) is 0 Å². The van der Waals surface area contributed by atoms with Crippen molar-refractivity contribution in [1.29, 1.82) is 0 Å². The van der Waals surface area contributed by atoms with Gasteiger partial charge in [-0.1, -0.05) is 13.3 Å². The number of hydrogen-bond acceptors (Lipinski definition) is 3. The summed E-state index contributed by atoms with van der Waals surface area (Å²) in [5.74, 6) is 0.813. The Morgan fingerprint density at radius 2 is 2.07 bits per heavy atom. The Bertz CT molecular complexity index is 273. The van der Waals surface area contributed by atoms with Crippen LogP contribution < -0.4 is 5.32 Å². The van der Waals surface area contributed by atoms with Gasteiger partial charge in [0.25, 0.3) is 0 Å². The lowest BCUT2D eigenvalue weighted by Crippen LogP contribution is -2.38. The van der Waals surface area contributed by atoms with E-state index in [0.717, 1.165) is 6.54 Å². The van der Waals surface area contributed by atoms with E-state index in [9.17, 15) is 8.42 Å². The van der Waals surface area contributed by atoms with E-state index in [1.807, 2.05) is 6.92 Å². The Hall–Kier alpha value is -0.130.